The molecule has 0 bridgehead atoms. The molecule has 0 radical (unpaired) electrons. The lowest BCUT2D eigenvalue weighted by atomic mass is 10.1. The van der Waals surface area contributed by atoms with Crippen molar-refractivity contribution in [1.82, 2.24) is 14.6 Å². The monoisotopic (exact) mass is 316 g/mol. The number of fused-ring (bicyclic) bond motifs is 1. The Morgan fingerprint density at radius 3 is 2.35 bits per heavy atom. The second-order valence-electron chi connectivity index (χ2n) is 5.22. The summed E-state index contributed by atoms with van der Waals surface area (Å²) >= 11 is 0. The lowest BCUT2D eigenvalue weighted by molar-refractivity contribution is -0.142. The number of alkyl halides is 3. The van der Waals surface area contributed by atoms with Crippen LogP contribution in [0.15, 0.2) is 30.3 Å². The van der Waals surface area contributed by atoms with Crippen molar-refractivity contribution in [3.05, 3.63) is 52.8 Å². The van der Waals surface area contributed by atoms with E-state index in [1.165, 1.54) is 6.92 Å². The molecule has 0 saturated carbocycles. The van der Waals surface area contributed by atoms with Gasteiger partial charge in [-0.3, -0.25) is 0 Å². The molecule has 0 N–H and O–H groups in total. The quantitative estimate of drug-likeness (QED) is 0.684. The molecule has 0 unspecified atom stereocenters. The maximum absolute atomic E-state index is 13.2. The first kappa shape index (κ1) is 15.0. The molecule has 0 fully saturated rings. The SMILES string of the molecule is Cc1ccc(-c2nn3c(C(F)(F)F)cc(C)nc3c2C#N)cc1. The van der Waals surface area contributed by atoms with Gasteiger partial charge in [0, 0.05) is 11.3 Å². The van der Waals surface area contributed by atoms with E-state index in [9.17, 15) is 18.4 Å². The van der Waals surface area contributed by atoms with Crippen molar-refractivity contribution in [1.29, 1.82) is 5.26 Å². The zero-order chi connectivity index (χ0) is 16.8. The number of hydrogen-bond donors (Lipinski definition) is 0. The van der Waals surface area contributed by atoms with Crippen LogP contribution >= 0.6 is 0 Å². The minimum absolute atomic E-state index is 0.0306. The molecular formula is C16H11F3N4. The Hall–Kier alpha value is -2.88. The fourth-order valence-corrected chi connectivity index (χ4v) is 2.36. The zero-order valence-electron chi connectivity index (χ0n) is 12.3. The van der Waals surface area contributed by atoms with E-state index in [1.807, 2.05) is 25.1 Å². The average Bonchev–Trinajstić information content (AvgIpc) is 2.84. The molecule has 4 nitrogen and oxygen atoms in total. The minimum atomic E-state index is -4.59. The van der Waals surface area contributed by atoms with Crippen LogP contribution in [0.5, 0.6) is 0 Å². The Kier molecular flexibility index (Phi) is 3.33. The third-order valence-corrected chi connectivity index (χ3v) is 3.44. The summed E-state index contributed by atoms with van der Waals surface area (Å²) in [5.41, 5.74) is 0.936. The highest BCUT2D eigenvalue weighted by Gasteiger charge is 2.35. The van der Waals surface area contributed by atoms with Gasteiger partial charge in [-0.05, 0) is 19.9 Å². The topological polar surface area (TPSA) is 54.0 Å². The van der Waals surface area contributed by atoms with E-state index in [0.717, 1.165) is 11.6 Å². The van der Waals surface area contributed by atoms with Gasteiger partial charge >= 0.3 is 6.18 Å². The summed E-state index contributed by atoms with van der Waals surface area (Å²) in [7, 11) is 0. The maximum Gasteiger partial charge on any atom is 0.433 e. The molecule has 3 rings (SSSR count). The summed E-state index contributed by atoms with van der Waals surface area (Å²) in [6, 6.07) is 9.90. The van der Waals surface area contributed by atoms with E-state index in [2.05, 4.69) is 10.1 Å². The fourth-order valence-electron chi connectivity index (χ4n) is 2.36. The fraction of sp³-hybridized carbons (Fsp3) is 0.188. The Labute approximate surface area is 129 Å². The van der Waals surface area contributed by atoms with Gasteiger partial charge in [0.05, 0.1) is 0 Å². The average molecular weight is 316 g/mol. The van der Waals surface area contributed by atoms with Gasteiger partial charge in [0.15, 0.2) is 5.65 Å². The highest BCUT2D eigenvalue weighted by molar-refractivity contribution is 5.75. The van der Waals surface area contributed by atoms with Crippen molar-refractivity contribution in [2.24, 2.45) is 0 Å². The Morgan fingerprint density at radius 1 is 1.13 bits per heavy atom. The molecule has 23 heavy (non-hydrogen) atoms. The molecule has 0 spiro atoms. The number of hydrogen-bond acceptors (Lipinski definition) is 3. The third-order valence-electron chi connectivity index (χ3n) is 3.44. The molecule has 0 aliphatic carbocycles. The normalized spacial score (nSPS) is 11.7. The molecule has 0 amide bonds. The molecule has 0 saturated heterocycles. The Balaban J connectivity index is 2.37. The number of nitrogens with zero attached hydrogens (tertiary/aromatic N) is 4. The van der Waals surface area contributed by atoms with Crippen molar-refractivity contribution in [2.45, 2.75) is 20.0 Å². The molecule has 1 aromatic carbocycles. The second-order valence-corrected chi connectivity index (χ2v) is 5.22. The molecule has 7 heteroatoms. The standard InChI is InChI=1S/C16H11F3N4/c1-9-3-5-11(6-4-9)14-12(8-20)15-21-10(2)7-13(16(17,18)19)23(15)22-14/h3-7H,1-2H3. The van der Waals surface area contributed by atoms with E-state index in [0.29, 0.717) is 10.1 Å². The molecule has 3 aromatic rings. The van der Waals surface area contributed by atoms with E-state index in [4.69, 9.17) is 0 Å². The van der Waals surface area contributed by atoms with Crippen LogP contribution in [0.1, 0.15) is 22.5 Å². The van der Waals surface area contributed by atoms with Crippen molar-refractivity contribution < 1.29 is 13.2 Å². The highest BCUT2D eigenvalue weighted by Crippen LogP contribution is 2.33. The Bertz CT molecular complexity index is 931. The molecule has 0 atom stereocenters. The smallest absolute Gasteiger partial charge is 0.233 e. The number of rotatable bonds is 1. The van der Waals surface area contributed by atoms with E-state index in [1.54, 1.807) is 12.1 Å². The van der Waals surface area contributed by atoms with Crippen molar-refractivity contribution in [3.63, 3.8) is 0 Å². The molecular weight excluding hydrogens is 305 g/mol. The summed E-state index contributed by atoms with van der Waals surface area (Å²) in [4.78, 5) is 4.06. The van der Waals surface area contributed by atoms with Crippen molar-refractivity contribution in [3.8, 4) is 17.3 Å². The van der Waals surface area contributed by atoms with E-state index >= 15 is 0 Å². The molecule has 0 aliphatic rings. The van der Waals surface area contributed by atoms with Crippen LogP contribution in [0.3, 0.4) is 0 Å². The number of aromatic nitrogens is 3. The van der Waals surface area contributed by atoms with Gasteiger partial charge in [-0.25, -0.2) is 9.50 Å². The second kappa shape index (κ2) is 5.09. The first-order valence-corrected chi connectivity index (χ1v) is 6.76. The van der Waals surface area contributed by atoms with Gasteiger partial charge in [-0.15, -0.1) is 0 Å². The van der Waals surface area contributed by atoms with Crippen LogP contribution in [-0.4, -0.2) is 14.6 Å². The van der Waals surface area contributed by atoms with Crippen LogP contribution in [0.2, 0.25) is 0 Å². The number of nitriles is 1. The summed E-state index contributed by atoms with van der Waals surface area (Å²) in [6.07, 6.45) is -4.59. The van der Waals surface area contributed by atoms with Gasteiger partial charge in [0.25, 0.3) is 0 Å². The first-order chi connectivity index (χ1) is 10.8. The van der Waals surface area contributed by atoms with Crippen molar-refractivity contribution in [2.75, 3.05) is 0 Å². The minimum Gasteiger partial charge on any atom is -0.233 e. The summed E-state index contributed by atoms with van der Waals surface area (Å²) in [5, 5.41) is 13.4. The summed E-state index contributed by atoms with van der Waals surface area (Å²) in [5.74, 6) is 0. The maximum atomic E-state index is 13.2. The number of benzene rings is 1. The van der Waals surface area contributed by atoms with Gasteiger partial charge in [-0.2, -0.15) is 23.5 Å². The van der Waals surface area contributed by atoms with Gasteiger partial charge in [-0.1, -0.05) is 29.8 Å². The van der Waals surface area contributed by atoms with Crippen LogP contribution in [0, 0.1) is 25.2 Å². The number of halogens is 3. The van der Waals surface area contributed by atoms with Crippen LogP contribution in [0.25, 0.3) is 16.9 Å². The van der Waals surface area contributed by atoms with Crippen LogP contribution < -0.4 is 0 Å². The lowest BCUT2D eigenvalue weighted by Crippen LogP contribution is -2.13. The third kappa shape index (κ3) is 2.52. The summed E-state index contributed by atoms with van der Waals surface area (Å²) < 4.78 is 40.4. The predicted molar refractivity (Wildman–Crippen MR) is 77.6 cm³/mol. The van der Waals surface area contributed by atoms with Crippen molar-refractivity contribution >= 4 is 5.65 Å². The highest BCUT2D eigenvalue weighted by atomic mass is 19.4. The first-order valence-electron chi connectivity index (χ1n) is 6.76. The van der Waals surface area contributed by atoms with Crippen LogP contribution in [0.4, 0.5) is 13.2 Å². The van der Waals surface area contributed by atoms with Crippen LogP contribution in [-0.2, 0) is 6.18 Å². The van der Waals surface area contributed by atoms with Gasteiger partial charge < -0.3 is 0 Å². The predicted octanol–water partition coefficient (Wildman–Crippen LogP) is 3.90. The summed E-state index contributed by atoms with van der Waals surface area (Å²) in [6.45, 7) is 3.35. The zero-order valence-corrected chi connectivity index (χ0v) is 12.3. The van der Waals surface area contributed by atoms with Gasteiger partial charge in [0.1, 0.15) is 23.0 Å². The lowest BCUT2D eigenvalue weighted by Gasteiger charge is -2.09. The molecule has 0 aliphatic heterocycles. The van der Waals surface area contributed by atoms with E-state index < -0.39 is 11.9 Å². The number of aryl methyl sites for hydroxylation is 2. The Morgan fingerprint density at radius 2 is 1.78 bits per heavy atom. The van der Waals surface area contributed by atoms with E-state index in [-0.39, 0.29) is 22.6 Å². The molecule has 2 aromatic heterocycles. The largest absolute Gasteiger partial charge is 0.433 e. The van der Waals surface area contributed by atoms with Gasteiger partial charge in [0.2, 0.25) is 0 Å². The molecule has 2 heterocycles. The molecule has 116 valence electrons.